The highest BCUT2D eigenvalue weighted by molar-refractivity contribution is 14.1. The lowest BCUT2D eigenvalue weighted by molar-refractivity contribution is -0.120. The molecule has 0 aliphatic carbocycles. The molecule has 1 aliphatic heterocycles. The fraction of sp³-hybridized carbons (Fsp3) is 0.0800. The van der Waals surface area contributed by atoms with Crippen LogP contribution in [-0.4, -0.2) is 24.4 Å². The van der Waals surface area contributed by atoms with Gasteiger partial charge in [-0.15, -0.1) is 0 Å². The van der Waals surface area contributed by atoms with Crippen molar-refractivity contribution in [3.8, 4) is 11.5 Å². The van der Waals surface area contributed by atoms with E-state index in [9.17, 15) is 14.4 Å². The fourth-order valence-electron chi connectivity index (χ4n) is 3.25. The summed E-state index contributed by atoms with van der Waals surface area (Å²) in [5.74, 6) is -0.945. The predicted molar refractivity (Wildman–Crippen MR) is 137 cm³/mol. The lowest BCUT2D eigenvalue weighted by Gasteiger charge is -2.18. The molecule has 1 N–H and O–H groups in total. The number of esters is 1. The molecule has 0 spiro atoms. The summed E-state index contributed by atoms with van der Waals surface area (Å²) < 4.78 is 11.9. The average Bonchev–Trinajstić information content (AvgIpc) is 3.04. The Balaban J connectivity index is 1.49. The van der Waals surface area contributed by atoms with Gasteiger partial charge >= 0.3 is 5.97 Å². The van der Waals surface area contributed by atoms with Gasteiger partial charge in [-0.3, -0.25) is 9.59 Å². The van der Waals surface area contributed by atoms with Crippen LogP contribution < -0.4 is 19.7 Å². The SMILES string of the molecule is CCOc1ccccc1N1C(=O)C(Cl)=C(Nc2ccc(C(=O)Oc3ccc(I)cc3)cc2)C1=O. The molecular formula is C25H18ClIN2O5. The molecule has 9 heteroatoms. The number of imide groups is 1. The largest absolute Gasteiger partial charge is 0.492 e. The van der Waals surface area contributed by atoms with E-state index < -0.39 is 17.8 Å². The van der Waals surface area contributed by atoms with Gasteiger partial charge in [0.05, 0.1) is 17.9 Å². The molecule has 3 aromatic rings. The van der Waals surface area contributed by atoms with Crippen LogP contribution in [0.5, 0.6) is 11.5 Å². The van der Waals surface area contributed by atoms with Gasteiger partial charge in [-0.1, -0.05) is 23.7 Å². The van der Waals surface area contributed by atoms with Gasteiger partial charge < -0.3 is 14.8 Å². The van der Waals surface area contributed by atoms with Gasteiger partial charge in [0.15, 0.2) is 0 Å². The number of rotatable bonds is 7. The molecule has 0 unspecified atom stereocenters. The minimum absolute atomic E-state index is 0.0628. The van der Waals surface area contributed by atoms with E-state index in [0.29, 0.717) is 35.0 Å². The Morgan fingerprint density at radius 3 is 2.32 bits per heavy atom. The first-order valence-corrected chi connectivity index (χ1v) is 11.7. The van der Waals surface area contributed by atoms with E-state index in [4.69, 9.17) is 21.1 Å². The van der Waals surface area contributed by atoms with Gasteiger partial charge in [-0.25, -0.2) is 9.69 Å². The van der Waals surface area contributed by atoms with Crippen molar-refractivity contribution in [3.05, 3.63) is 92.7 Å². The van der Waals surface area contributed by atoms with Crippen LogP contribution in [0, 0.1) is 3.57 Å². The molecule has 34 heavy (non-hydrogen) atoms. The van der Waals surface area contributed by atoms with E-state index >= 15 is 0 Å². The first-order valence-electron chi connectivity index (χ1n) is 10.2. The fourth-order valence-corrected chi connectivity index (χ4v) is 3.82. The normalized spacial score (nSPS) is 13.3. The summed E-state index contributed by atoms with van der Waals surface area (Å²) in [4.78, 5) is 39.2. The number of benzene rings is 3. The van der Waals surface area contributed by atoms with Gasteiger partial charge in [0.2, 0.25) is 0 Å². The number of nitrogens with one attached hydrogen (secondary N) is 1. The maximum atomic E-state index is 13.1. The van der Waals surface area contributed by atoms with Crippen molar-refractivity contribution >= 4 is 63.4 Å². The van der Waals surface area contributed by atoms with Crippen molar-refractivity contribution in [3.63, 3.8) is 0 Å². The third kappa shape index (κ3) is 4.92. The summed E-state index contributed by atoms with van der Waals surface area (Å²) in [7, 11) is 0. The highest BCUT2D eigenvalue weighted by Crippen LogP contribution is 2.35. The lowest BCUT2D eigenvalue weighted by atomic mass is 10.2. The molecule has 1 aliphatic rings. The molecule has 172 valence electrons. The Hall–Kier alpha value is -3.37. The second-order valence-corrected chi connectivity index (χ2v) is 8.70. The maximum absolute atomic E-state index is 13.1. The molecular weight excluding hydrogens is 571 g/mol. The van der Waals surface area contributed by atoms with E-state index in [-0.39, 0.29) is 10.7 Å². The topological polar surface area (TPSA) is 84.9 Å². The Morgan fingerprint density at radius 2 is 1.65 bits per heavy atom. The first-order chi connectivity index (χ1) is 16.4. The van der Waals surface area contributed by atoms with E-state index in [2.05, 4.69) is 27.9 Å². The zero-order chi connectivity index (χ0) is 24.2. The van der Waals surface area contributed by atoms with Crippen LogP contribution in [0.2, 0.25) is 0 Å². The number of para-hydroxylation sites is 2. The number of nitrogens with zero attached hydrogens (tertiary/aromatic N) is 1. The first kappa shape index (κ1) is 23.8. The van der Waals surface area contributed by atoms with Crippen molar-refractivity contribution in [2.45, 2.75) is 6.92 Å². The van der Waals surface area contributed by atoms with Gasteiger partial charge in [0, 0.05) is 9.26 Å². The second-order valence-electron chi connectivity index (χ2n) is 7.08. The number of carbonyl (C=O) groups excluding carboxylic acids is 3. The molecule has 2 amide bonds. The molecule has 0 bridgehead atoms. The van der Waals surface area contributed by atoms with E-state index in [0.717, 1.165) is 8.47 Å². The summed E-state index contributed by atoms with van der Waals surface area (Å²) in [6.45, 7) is 2.18. The smallest absolute Gasteiger partial charge is 0.343 e. The molecule has 0 fully saturated rings. The minimum atomic E-state index is -0.654. The quantitative estimate of drug-likeness (QED) is 0.174. The Bertz CT molecular complexity index is 1290. The van der Waals surface area contributed by atoms with Crippen LogP contribution in [0.1, 0.15) is 17.3 Å². The van der Waals surface area contributed by atoms with Crippen LogP contribution in [0.25, 0.3) is 0 Å². The Kier molecular flexibility index (Phi) is 7.18. The number of halogens is 2. The molecule has 4 rings (SSSR count). The maximum Gasteiger partial charge on any atom is 0.343 e. The van der Waals surface area contributed by atoms with E-state index in [1.54, 1.807) is 60.7 Å². The molecule has 1 heterocycles. The van der Waals surface area contributed by atoms with Crippen LogP contribution in [0.3, 0.4) is 0 Å². The third-order valence-corrected chi connectivity index (χ3v) is 5.92. The molecule has 7 nitrogen and oxygen atoms in total. The number of anilines is 2. The molecule has 0 saturated carbocycles. The van der Waals surface area contributed by atoms with Gasteiger partial charge in [-0.2, -0.15) is 0 Å². The van der Waals surface area contributed by atoms with Crippen molar-refractivity contribution in [1.82, 2.24) is 0 Å². The Labute approximate surface area is 214 Å². The van der Waals surface area contributed by atoms with Crippen LogP contribution in [0.15, 0.2) is 83.5 Å². The van der Waals surface area contributed by atoms with Crippen molar-refractivity contribution in [2.75, 3.05) is 16.8 Å². The second kappa shape index (κ2) is 10.3. The molecule has 3 aromatic carbocycles. The Morgan fingerprint density at radius 1 is 0.971 bits per heavy atom. The lowest BCUT2D eigenvalue weighted by Crippen LogP contribution is -2.32. The number of hydrogen-bond acceptors (Lipinski definition) is 6. The number of carbonyl (C=O) groups is 3. The van der Waals surface area contributed by atoms with Gasteiger partial charge in [0.1, 0.15) is 22.2 Å². The number of amides is 2. The predicted octanol–water partition coefficient (Wildman–Crippen LogP) is 5.34. The van der Waals surface area contributed by atoms with E-state index in [1.807, 2.05) is 19.1 Å². The average molecular weight is 589 g/mol. The zero-order valence-corrected chi connectivity index (χ0v) is 20.8. The summed E-state index contributed by atoms with van der Waals surface area (Å²) in [5, 5.41) is 2.65. The molecule has 0 atom stereocenters. The summed E-state index contributed by atoms with van der Waals surface area (Å²) in [6, 6.07) is 20.1. The number of hydrogen-bond donors (Lipinski definition) is 1. The summed E-state index contributed by atoms with van der Waals surface area (Å²) in [5.41, 5.74) is 1.04. The highest BCUT2D eigenvalue weighted by atomic mass is 127. The monoisotopic (exact) mass is 588 g/mol. The van der Waals surface area contributed by atoms with Crippen LogP contribution in [0.4, 0.5) is 11.4 Å². The molecule has 0 radical (unpaired) electrons. The van der Waals surface area contributed by atoms with Crippen molar-refractivity contribution < 1.29 is 23.9 Å². The van der Waals surface area contributed by atoms with Gasteiger partial charge in [-0.05, 0) is 90.2 Å². The molecule has 0 saturated heterocycles. The third-order valence-electron chi connectivity index (χ3n) is 4.85. The van der Waals surface area contributed by atoms with Gasteiger partial charge in [0.25, 0.3) is 11.8 Å². The van der Waals surface area contributed by atoms with Crippen molar-refractivity contribution in [1.29, 1.82) is 0 Å². The zero-order valence-electron chi connectivity index (χ0n) is 17.9. The minimum Gasteiger partial charge on any atom is -0.492 e. The standard InChI is InChI=1S/C25H18ClIN2O5/c1-2-33-20-6-4-3-5-19(20)29-23(30)21(26)22(24(29)31)28-17-11-7-15(8-12-17)25(32)34-18-13-9-16(27)10-14-18/h3-14,28H,2H2,1H3. The summed E-state index contributed by atoms with van der Waals surface area (Å²) in [6.07, 6.45) is 0. The highest BCUT2D eigenvalue weighted by Gasteiger charge is 2.40. The summed E-state index contributed by atoms with van der Waals surface area (Å²) >= 11 is 8.38. The van der Waals surface area contributed by atoms with Crippen LogP contribution in [-0.2, 0) is 9.59 Å². The molecule has 0 aromatic heterocycles. The van der Waals surface area contributed by atoms with Crippen LogP contribution >= 0.6 is 34.2 Å². The van der Waals surface area contributed by atoms with E-state index in [1.165, 1.54) is 0 Å². The van der Waals surface area contributed by atoms with Crippen molar-refractivity contribution in [2.24, 2.45) is 0 Å². The number of ether oxygens (including phenoxy) is 2.